The number of amides is 1. The summed E-state index contributed by atoms with van der Waals surface area (Å²) in [6, 6.07) is 0. The number of carbonyl (C=O) groups excluding carboxylic acids is 1. The van der Waals surface area contributed by atoms with Crippen molar-refractivity contribution in [3.05, 3.63) is 0 Å². The molecule has 0 aliphatic rings. The molecule has 0 aromatic rings. The van der Waals surface area contributed by atoms with Crippen LogP contribution in [0.2, 0.25) is 0 Å². The van der Waals surface area contributed by atoms with Crippen LogP contribution in [0.1, 0.15) is 40.5 Å². The summed E-state index contributed by atoms with van der Waals surface area (Å²) in [6.45, 7) is 8.52. The Morgan fingerprint density at radius 1 is 1.47 bits per heavy atom. The van der Waals surface area contributed by atoms with Crippen molar-refractivity contribution in [3.8, 4) is 0 Å². The highest BCUT2D eigenvalue weighted by atomic mass is 16.3. The topological polar surface area (TPSA) is 61.4 Å². The van der Waals surface area contributed by atoms with Crippen molar-refractivity contribution in [2.45, 2.75) is 52.2 Å². The average molecular weight is 216 g/mol. The van der Waals surface area contributed by atoms with Gasteiger partial charge in [-0.15, -0.1) is 0 Å². The molecule has 1 atom stereocenters. The molecule has 1 amide bonds. The van der Waals surface area contributed by atoms with Crippen molar-refractivity contribution in [3.63, 3.8) is 0 Å². The van der Waals surface area contributed by atoms with E-state index in [0.717, 1.165) is 19.4 Å². The molecule has 0 rings (SSSR count). The summed E-state index contributed by atoms with van der Waals surface area (Å²) in [6.07, 6.45) is 1.60. The second-order valence-electron chi connectivity index (χ2n) is 4.45. The SMILES string of the molecule is CCCCNC(=O)CNC(C)(C)C(C)O. The number of nitrogens with one attached hydrogen (secondary N) is 2. The first-order valence-electron chi connectivity index (χ1n) is 5.60. The maximum Gasteiger partial charge on any atom is 0.233 e. The van der Waals surface area contributed by atoms with Gasteiger partial charge in [0.15, 0.2) is 0 Å². The van der Waals surface area contributed by atoms with Gasteiger partial charge in [0.1, 0.15) is 0 Å². The smallest absolute Gasteiger partial charge is 0.233 e. The van der Waals surface area contributed by atoms with Gasteiger partial charge in [-0.2, -0.15) is 0 Å². The third kappa shape index (κ3) is 6.47. The van der Waals surface area contributed by atoms with E-state index in [1.165, 1.54) is 0 Å². The van der Waals surface area contributed by atoms with Crippen molar-refractivity contribution in [1.82, 2.24) is 10.6 Å². The van der Waals surface area contributed by atoms with Crippen LogP contribution in [0, 0.1) is 0 Å². The van der Waals surface area contributed by atoms with Gasteiger partial charge in [-0.1, -0.05) is 13.3 Å². The van der Waals surface area contributed by atoms with Crippen molar-refractivity contribution in [2.24, 2.45) is 0 Å². The molecule has 0 aromatic heterocycles. The first-order valence-corrected chi connectivity index (χ1v) is 5.60. The first kappa shape index (κ1) is 14.4. The lowest BCUT2D eigenvalue weighted by molar-refractivity contribution is -0.120. The van der Waals surface area contributed by atoms with Gasteiger partial charge in [-0.25, -0.2) is 0 Å². The van der Waals surface area contributed by atoms with E-state index >= 15 is 0 Å². The zero-order valence-corrected chi connectivity index (χ0v) is 10.3. The lowest BCUT2D eigenvalue weighted by Gasteiger charge is -2.29. The van der Waals surface area contributed by atoms with E-state index in [0.29, 0.717) is 0 Å². The summed E-state index contributed by atoms with van der Waals surface area (Å²) in [7, 11) is 0. The van der Waals surface area contributed by atoms with Crippen molar-refractivity contribution in [2.75, 3.05) is 13.1 Å². The number of hydrogen-bond acceptors (Lipinski definition) is 3. The Hall–Kier alpha value is -0.610. The summed E-state index contributed by atoms with van der Waals surface area (Å²) in [5.41, 5.74) is -0.428. The normalized spacial score (nSPS) is 13.7. The molecule has 0 saturated heterocycles. The Labute approximate surface area is 92.4 Å². The van der Waals surface area contributed by atoms with Gasteiger partial charge in [0.25, 0.3) is 0 Å². The highest BCUT2D eigenvalue weighted by Gasteiger charge is 2.23. The lowest BCUT2D eigenvalue weighted by atomic mass is 9.99. The number of aliphatic hydroxyl groups is 1. The highest BCUT2D eigenvalue weighted by Crippen LogP contribution is 2.07. The molecule has 4 heteroatoms. The third-order valence-electron chi connectivity index (χ3n) is 2.60. The van der Waals surface area contributed by atoms with Gasteiger partial charge in [-0.3, -0.25) is 4.79 Å². The van der Waals surface area contributed by atoms with Crippen LogP contribution in [0.25, 0.3) is 0 Å². The first-order chi connectivity index (χ1) is 6.90. The molecule has 0 radical (unpaired) electrons. The fraction of sp³-hybridized carbons (Fsp3) is 0.909. The quantitative estimate of drug-likeness (QED) is 0.548. The molecule has 0 fully saturated rings. The van der Waals surface area contributed by atoms with Crippen molar-refractivity contribution in [1.29, 1.82) is 0 Å². The number of rotatable bonds is 7. The van der Waals surface area contributed by atoms with Crippen LogP contribution in [0.4, 0.5) is 0 Å². The fourth-order valence-electron chi connectivity index (χ4n) is 0.923. The Kier molecular flexibility index (Phi) is 6.52. The van der Waals surface area contributed by atoms with Gasteiger partial charge < -0.3 is 15.7 Å². The van der Waals surface area contributed by atoms with E-state index in [-0.39, 0.29) is 12.5 Å². The Morgan fingerprint density at radius 3 is 2.53 bits per heavy atom. The second-order valence-corrected chi connectivity index (χ2v) is 4.45. The van der Waals surface area contributed by atoms with E-state index < -0.39 is 11.6 Å². The predicted molar refractivity (Wildman–Crippen MR) is 61.7 cm³/mol. The zero-order chi connectivity index (χ0) is 11.9. The van der Waals surface area contributed by atoms with Crippen LogP contribution in [0.5, 0.6) is 0 Å². The van der Waals surface area contributed by atoms with Gasteiger partial charge in [-0.05, 0) is 27.2 Å². The minimum absolute atomic E-state index is 0.0165. The minimum Gasteiger partial charge on any atom is -0.392 e. The van der Waals surface area contributed by atoms with Gasteiger partial charge in [0, 0.05) is 12.1 Å². The third-order valence-corrected chi connectivity index (χ3v) is 2.60. The van der Waals surface area contributed by atoms with E-state index in [1.54, 1.807) is 6.92 Å². The monoisotopic (exact) mass is 216 g/mol. The lowest BCUT2D eigenvalue weighted by Crippen LogP contribution is -2.51. The standard InChI is InChI=1S/C11H24N2O2/c1-5-6-7-12-10(15)8-13-11(3,4)9(2)14/h9,13-14H,5-8H2,1-4H3,(H,12,15). The summed E-state index contributed by atoms with van der Waals surface area (Å²) in [4.78, 5) is 11.3. The molecule has 0 saturated carbocycles. The van der Waals surface area contributed by atoms with Crippen LogP contribution < -0.4 is 10.6 Å². The molecule has 0 heterocycles. The molecular formula is C11H24N2O2. The number of hydrogen-bond donors (Lipinski definition) is 3. The van der Waals surface area contributed by atoms with Crippen molar-refractivity contribution < 1.29 is 9.90 Å². The van der Waals surface area contributed by atoms with Crippen LogP contribution in [-0.2, 0) is 4.79 Å². The fourth-order valence-corrected chi connectivity index (χ4v) is 0.923. The molecule has 0 spiro atoms. The average Bonchev–Trinajstić information content (AvgIpc) is 2.15. The van der Waals surface area contributed by atoms with Crippen molar-refractivity contribution >= 4 is 5.91 Å². The molecule has 3 N–H and O–H groups in total. The maximum atomic E-state index is 11.3. The maximum absolute atomic E-state index is 11.3. The molecule has 0 bridgehead atoms. The number of aliphatic hydroxyl groups excluding tert-OH is 1. The Bertz CT molecular complexity index is 191. The number of unbranched alkanes of at least 4 members (excludes halogenated alkanes) is 1. The number of carbonyl (C=O) groups is 1. The summed E-state index contributed by atoms with van der Waals surface area (Å²) < 4.78 is 0. The largest absolute Gasteiger partial charge is 0.392 e. The molecule has 0 aliphatic heterocycles. The van der Waals surface area contributed by atoms with E-state index in [1.807, 2.05) is 13.8 Å². The molecule has 15 heavy (non-hydrogen) atoms. The molecule has 4 nitrogen and oxygen atoms in total. The minimum atomic E-state index is -0.485. The van der Waals surface area contributed by atoms with E-state index in [4.69, 9.17) is 0 Å². The van der Waals surface area contributed by atoms with E-state index in [9.17, 15) is 9.90 Å². The summed E-state index contributed by atoms with van der Waals surface area (Å²) in [5, 5.41) is 15.2. The predicted octanol–water partition coefficient (Wildman–Crippen LogP) is 0.652. The van der Waals surface area contributed by atoms with Crippen LogP contribution >= 0.6 is 0 Å². The van der Waals surface area contributed by atoms with Gasteiger partial charge in [0.05, 0.1) is 12.6 Å². The Balaban J connectivity index is 3.71. The highest BCUT2D eigenvalue weighted by molar-refractivity contribution is 5.78. The second kappa shape index (κ2) is 6.80. The molecular weight excluding hydrogens is 192 g/mol. The molecule has 0 aliphatic carbocycles. The molecule has 90 valence electrons. The van der Waals surface area contributed by atoms with Gasteiger partial charge >= 0.3 is 0 Å². The Morgan fingerprint density at radius 2 is 2.07 bits per heavy atom. The van der Waals surface area contributed by atoms with Crippen LogP contribution in [-0.4, -0.2) is 35.7 Å². The summed E-state index contributed by atoms with van der Waals surface area (Å²) >= 11 is 0. The van der Waals surface area contributed by atoms with Crippen LogP contribution in [0.15, 0.2) is 0 Å². The molecule has 0 aromatic carbocycles. The van der Waals surface area contributed by atoms with Gasteiger partial charge in [0.2, 0.25) is 5.91 Å². The van der Waals surface area contributed by atoms with Crippen LogP contribution in [0.3, 0.4) is 0 Å². The van der Waals surface area contributed by atoms with E-state index in [2.05, 4.69) is 17.6 Å². The summed E-state index contributed by atoms with van der Waals surface area (Å²) in [5.74, 6) is -0.0165. The zero-order valence-electron chi connectivity index (χ0n) is 10.3. The molecule has 1 unspecified atom stereocenters.